The molecule has 1 aliphatic heterocycles. The fourth-order valence-corrected chi connectivity index (χ4v) is 3.48. The van der Waals surface area contributed by atoms with Gasteiger partial charge in [-0.2, -0.15) is 0 Å². The van der Waals surface area contributed by atoms with Crippen LogP contribution in [0.4, 0.5) is 10.5 Å². The van der Waals surface area contributed by atoms with Crippen LogP contribution >= 0.6 is 0 Å². The maximum Gasteiger partial charge on any atom is 0.415 e. The minimum absolute atomic E-state index is 0.354. The number of alkyl carbamates (subject to hydrolysis) is 1. The van der Waals surface area contributed by atoms with Crippen LogP contribution in [-0.4, -0.2) is 24.1 Å². The molecule has 0 saturated carbocycles. The number of aromatic nitrogens is 1. The minimum Gasteiger partial charge on any atom is -0.497 e. The molecule has 1 aliphatic rings. The molecule has 0 bridgehead atoms. The quantitative estimate of drug-likeness (QED) is 0.378. The van der Waals surface area contributed by atoms with Crippen molar-refractivity contribution in [3.05, 3.63) is 90.0 Å². The van der Waals surface area contributed by atoms with E-state index in [0.29, 0.717) is 18.1 Å². The van der Waals surface area contributed by atoms with E-state index >= 15 is 0 Å². The number of carbonyl (C=O) groups excluding carboxylic acids is 2. The number of aromatic amines is 1. The van der Waals surface area contributed by atoms with Gasteiger partial charge < -0.3 is 24.9 Å². The largest absolute Gasteiger partial charge is 0.497 e. The van der Waals surface area contributed by atoms with Crippen LogP contribution in [0.2, 0.25) is 0 Å². The number of nitrogens with one attached hydrogen (secondary N) is 2. The fraction of sp³-hybridized carbons (Fsp3) is 0.154. The summed E-state index contributed by atoms with van der Waals surface area (Å²) in [7, 11) is 1.63. The van der Waals surface area contributed by atoms with Crippen LogP contribution in [0.1, 0.15) is 18.1 Å². The monoisotopic (exact) mass is 459 g/mol. The van der Waals surface area contributed by atoms with E-state index in [-0.39, 0.29) is 0 Å². The summed E-state index contributed by atoms with van der Waals surface area (Å²) in [5.41, 5.74) is 7.37. The molecular formula is C26H25N3O5. The number of ether oxygens (including phenoxy) is 3. The van der Waals surface area contributed by atoms with E-state index in [1.807, 2.05) is 66.7 Å². The Balaban J connectivity index is 0.000000336. The first-order valence-electron chi connectivity index (χ1n) is 10.6. The maximum atomic E-state index is 11.9. The molecule has 8 nitrogen and oxygen atoms in total. The molecule has 4 N–H and O–H groups in total. The van der Waals surface area contributed by atoms with Gasteiger partial charge in [-0.3, -0.25) is 10.1 Å². The van der Waals surface area contributed by atoms with Crippen LogP contribution in [-0.2, 0) is 21.7 Å². The zero-order valence-corrected chi connectivity index (χ0v) is 18.8. The Kier molecular flexibility index (Phi) is 6.40. The van der Waals surface area contributed by atoms with Crippen LogP contribution in [0.25, 0.3) is 10.9 Å². The molecule has 0 spiro atoms. The first kappa shape index (κ1) is 22.7. The number of nitrogens with two attached hydrogens (primary N) is 1. The number of hydrogen-bond acceptors (Lipinski definition) is 6. The number of carbonyl (C=O) groups is 2. The van der Waals surface area contributed by atoms with Crippen molar-refractivity contribution in [1.82, 2.24) is 10.3 Å². The number of hydrogen-bond donors (Lipinski definition) is 3. The summed E-state index contributed by atoms with van der Waals surface area (Å²) in [5, 5.41) is 3.15. The van der Waals surface area contributed by atoms with Crippen LogP contribution in [0.5, 0.6) is 11.6 Å². The number of amides is 2. The fourth-order valence-electron chi connectivity index (χ4n) is 3.48. The zero-order valence-electron chi connectivity index (χ0n) is 18.8. The zero-order chi connectivity index (χ0) is 24.1. The van der Waals surface area contributed by atoms with Gasteiger partial charge in [0.25, 0.3) is 5.91 Å². The predicted octanol–water partition coefficient (Wildman–Crippen LogP) is 4.51. The van der Waals surface area contributed by atoms with E-state index in [0.717, 1.165) is 27.9 Å². The van der Waals surface area contributed by atoms with E-state index in [4.69, 9.17) is 19.9 Å². The minimum atomic E-state index is -1.30. The molecular weight excluding hydrogens is 434 g/mol. The molecule has 2 amide bonds. The third-order valence-electron chi connectivity index (χ3n) is 5.45. The van der Waals surface area contributed by atoms with Gasteiger partial charge in [0.05, 0.1) is 7.11 Å². The summed E-state index contributed by atoms with van der Waals surface area (Å²) < 4.78 is 16.2. The average molecular weight is 460 g/mol. The van der Waals surface area contributed by atoms with Gasteiger partial charge in [0.15, 0.2) is 5.88 Å². The van der Waals surface area contributed by atoms with Gasteiger partial charge in [0.2, 0.25) is 5.60 Å². The van der Waals surface area contributed by atoms with Crippen molar-refractivity contribution in [2.75, 3.05) is 12.8 Å². The lowest BCUT2D eigenvalue weighted by molar-refractivity contribution is -0.130. The first-order chi connectivity index (χ1) is 16.4. The van der Waals surface area contributed by atoms with Gasteiger partial charge in [-0.05, 0) is 42.8 Å². The van der Waals surface area contributed by atoms with Crippen molar-refractivity contribution in [1.29, 1.82) is 0 Å². The molecule has 2 heterocycles. The first-order valence-corrected chi connectivity index (χ1v) is 10.6. The van der Waals surface area contributed by atoms with Crippen LogP contribution in [0.3, 0.4) is 0 Å². The van der Waals surface area contributed by atoms with Gasteiger partial charge in [-0.1, -0.05) is 42.5 Å². The van der Waals surface area contributed by atoms with E-state index < -0.39 is 17.6 Å². The maximum absolute atomic E-state index is 11.9. The summed E-state index contributed by atoms with van der Waals surface area (Å²) in [5.74, 6) is 0.970. The summed E-state index contributed by atoms with van der Waals surface area (Å²) in [4.78, 5) is 26.4. The Morgan fingerprint density at radius 1 is 0.971 bits per heavy atom. The Hall–Kier alpha value is -4.46. The van der Waals surface area contributed by atoms with Gasteiger partial charge in [0.1, 0.15) is 12.4 Å². The second kappa shape index (κ2) is 9.58. The number of cyclic esters (lactones) is 1. The van der Waals surface area contributed by atoms with Crippen molar-refractivity contribution < 1.29 is 23.8 Å². The van der Waals surface area contributed by atoms with Crippen LogP contribution in [0.15, 0.2) is 78.9 Å². The summed E-state index contributed by atoms with van der Waals surface area (Å²) in [6.45, 7) is 1.92. The highest BCUT2D eigenvalue weighted by Crippen LogP contribution is 2.30. The molecule has 0 radical (unpaired) electrons. The van der Waals surface area contributed by atoms with Crippen LogP contribution in [0, 0.1) is 0 Å². The van der Waals surface area contributed by atoms with Crippen molar-refractivity contribution >= 4 is 28.6 Å². The Morgan fingerprint density at radius 2 is 1.71 bits per heavy atom. The highest BCUT2D eigenvalue weighted by Gasteiger charge is 2.46. The van der Waals surface area contributed by atoms with E-state index in [1.165, 1.54) is 0 Å². The van der Waals surface area contributed by atoms with Gasteiger partial charge >= 0.3 is 6.09 Å². The standard InChI is InChI=1S/C20H18N2O5.C6H7N/c1-20(18(23)22-19(24)27-20)14-5-3-12(4-6-14)11-26-17-10-13-9-15(25-2)7-8-16(13)21-17;7-6-4-2-1-3-5-6/h3-10,21H,11H2,1-2H3,(H,22,23,24);1-5H,7H2. The second-order valence-corrected chi connectivity index (χ2v) is 7.86. The number of nitrogen functional groups attached to an aromatic ring is 1. The molecule has 8 heteroatoms. The lowest BCUT2D eigenvalue weighted by atomic mass is 9.94. The third kappa shape index (κ3) is 4.96. The highest BCUT2D eigenvalue weighted by atomic mass is 16.6. The number of anilines is 1. The molecule has 1 atom stereocenters. The van der Waals surface area contributed by atoms with Gasteiger partial charge in [0, 0.05) is 28.2 Å². The third-order valence-corrected chi connectivity index (χ3v) is 5.45. The molecule has 1 fully saturated rings. The number of H-pyrrole nitrogens is 1. The van der Waals surface area contributed by atoms with E-state index in [1.54, 1.807) is 26.2 Å². The van der Waals surface area contributed by atoms with Crippen LogP contribution < -0.4 is 20.5 Å². The summed E-state index contributed by atoms with van der Waals surface area (Å²) in [6.07, 6.45) is -0.731. The molecule has 1 unspecified atom stereocenters. The summed E-state index contributed by atoms with van der Waals surface area (Å²) in [6, 6.07) is 24.3. The molecule has 1 aromatic heterocycles. The molecule has 174 valence electrons. The number of fused-ring (bicyclic) bond motifs is 1. The molecule has 3 aromatic carbocycles. The number of para-hydroxylation sites is 1. The average Bonchev–Trinajstić information content (AvgIpc) is 3.37. The lowest BCUT2D eigenvalue weighted by Gasteiger charge is -2.19. The highest BCUT2D eigenvalue weighted by molar-refractivity contribution is 6.03. The number of benzene rings is 3. The van der Waals surface area contributed by atoms with Crippen molar-refractivity contribution in [2.45, 2.75) is 19.1 Å². The summed E-state index contributed by atoms with van der Waals surface area (Å²) >= 11 is 0. The van der Waals surface area contributed by atoms with Crippen molar-refractivity contribution in [3.63, 3.8) is 0 Å². The molecule has 0 aliphatic carbocycles. The Labute approximate surface area is 196 Å². The smallest absolute Gasteiger partial charge is 0.415 e. The van der Waals surface area contributed by atoms with E-state index in [2.05, 4.69) is 10.3 Å². The number of methoxy groups -OCH3 is 1. The predicted molar refractivity (Wildman–Crippen MR) is 128 cm³/mol. The number of imide groups is 1. The van der Waals surface area contributed by atoms with E-state index in [9.17, 15) is 9.59 Å². The molecule has 34 heavy (non-hydrogen) atoms. The number of rotatable bonds is 5. The Morgan fingerprint density at radius 3 is 2.29 bits per heavy atom. The van der Waals surface area contributed by atoms with Crippen molar-refractivity contribution in [3.8, 4) is 11.6 Å². The molecule has 5 rings (SSSR count). The van der Waals surface area contributed by atoms with Gasteiger partial charge in [-0.15, -0.1) is 0 Å². The van der Waals surface area contributed by atoms with Crippen molar-refractivity contribution in [2.24, 2.45) is 0 Å². The lowest BCUT2D eigenvalue weighted by Crippen LogP contribution is -2.33. The molecule has 1 saturated heterocycles. The van der Waals surface area contributed by atoms with Gasteiger partial charge in [-0.25, -0.2) is 4.79 Å². The SMILES string of the molecule is COc1ccc2[nH]c(OCc3ccc(C4(C)OC(=O)NC4=O)cc3)cc2c1.Nc1ccccc1. The Bertz CT molecular complexity index is 1300. The topological polar surface area (TPSA) is 116 Å². The second-order valence-electron chi connectivity index (χ2n) is 7.86. The normalized spacial score (nSPS) is 16.9. The molecule has 4 aromatic rings.